The molecule has 200 valence electrons. The zero-order valence-electron chi connectivity index (χ0n) is 18.9. The molecule has 4 rings (SSSR count). The van der Waals surface area contributed by atoms with Crippen LogP contribution < -0.4 is 20.5 Å². The molecular formula is C24H16ClF7N4O2. The number of hydrogen-bond donors (Lipinski definition) is 2. The maximum Gasteiger partial charge on any atom is 0.471 e. The maximum absolute atomic E-state index is 14.4. The fraction of sp³-hybridized carbons (Fsp3) is 0.167. The van der Waals surface area contributed by atoms with E-state index in [4.69, 9.17) is 16.3 Å². The lowest BCUT2D eigenvalue weighted by Gasteiger charge is -2.26. The van der Waals surface area contributed by atoms with Gasteiger partial charge < -0.3 is 10.1 Å². The molecule has 0 fully saturated rings. The average molecular weight is 561 g/mol. The van der Waals surface area contributed by atoms with Gasteiger partial charge >= 0.3 is 18.3 Å². The number of amidine groups is 1. The van der Waals surface area contributed by atoms with Crippen molar-refractivity contribution >= 4 is 29.0 Å². The third kappa shape index (κ3) is 6.10. The van der Waals surface area contributed by atoms with Crippen LogP contribution in [0.2, 0.25) is 5.02 Å². The number of hydrogen-bond acceptors (Lipinski definition) is 5. The largest absolute Gasteiger partial charge is 0.471 e. The first-order chi connectivity index (χ1) is 17.8. The lowest BCUT2D eigenvalue weighted by molar-refractivity contribution is -0.173. The van der Waals surface area contributed by atoms with Gasteiger partial charge in [0.25, 0.3) is 6.35 Å². The van der Waals surface area contributed by atoms with Crippen LogP contribution in [-0.4, -0.2) is 24.3 Å². The highest BCUT2D eigenvalue weighted by Crippen LogP contribution is 2.32. The number of para-hydroxylation sites is 1. The molecule has 1 heterocycles. The van der Waals surface area contributed by atoms with E-state index in [1.54, 1.807) is 35.6 Å². The lowest BCUT2D eigenvalue weighted by Crippen LogP contribution is -2.44. The molecule has 3 aromatic rings. The van der Waals surface area contributed by atoms with E-state index in [-0.39, 0.29) is 27.7 Å². The second-order valence-electron chi connectivity index (χ2n) is 7.87. The number of anilines is 1. The number of nitrogens with one attached hydrogen (secondary N) is 2. The SMILES string of the molecule is O=C(NCc1cc(C2=NC(Oc3ccccc3)N(c3ccc(C(F)(F)F)cc3)N2)c(Cl)cc1F)C(F)(F)F. The van der Waals surface area contributed by atoms with Crippen molar-refractivity contribution in [1.29, 1.82) is 0 Å². The van der Waals surface area contributed by atoms with Crippen molar-refractivity contribution in [2.45, 2.75) is 25.2 Å². The molecule has 38 heavy (non-hydrogen) atoms. The smallest absolute Gasteiger partial charge is 0.449 e. The summed E-state index contributed by atoms with van der Waals surface area (Å²) in [6.45, 7) is -0.797. The van der Waals surface area contributed by atoms with Crippen molar-refractivity contribution < 1.29 is 40.3 Å². The summed E-state index contributed by atoms with van der Waals surface area (Å²) in [6.07, 6.45) is -10.9. The first kappa shape index (κ1) is 27.0. The van der Waals surface area contributed by atoms with Crippen molar-refractivity contribution in [1.82, 2.24) is 10.7 Å². The Morgan fingerprint density at radius 2 is 1.68 bits per heavy atom. The van der Waals surface area contributed by atoms with Gasteiger partial charge in [0.15, 0.2) is 5.84 Å². The number of aliphatic imine (C=N–C) groups is 1. The molecule has 2 N–H and O–H groups in total. The summed E-state index contributed by atoms with van der Waals surface area (Å²) in [5.74, 6) is -2.88. The monoisotopic (exact) mass is 560 g/mol. The summed E-state index contributed by atoms with van der Waals surface area (Å²) in [6, 6.07) is 14.4. The van der Waals surface area contributed by atoms with E-state index in [1.165, 1.54) is 17.1 Å². The first-order valence-electron chi connectivity index (χ1n) is 10.7. The van der Waals surface area contributed by atoms with Gasteiger partial charge in [0.1, 0.15) is 11.6 Å². The molecule has 1 aliphatic heterocycles. The van der Waals surface area contributed by atoms with Crippen LogP contribution in [0.4, 0.5) is 36.4 Å². The molecule has 1 aliphatic rings. The number of amides is 1. The fourth-order valence-corrected chi connectivity index (χ4v) is 3.63. The third-order valence-electron chi connectivity index (χ3n) is 5.23. The molecule has 6 nitrogen and oxygen atoms in total. The Morgan fingerprint density at radius 3 is 2.29 bits per heavy atom. The Hall–Kier alpha value is -4.00. The van der Waals surface area contributed by atoms with Crippen LogP contribution in [-0.2, 0) is 17.5 Å². The van der Waals surface area contributed by atoms with Gasteiger partial charge in [-0.25, -0.2) is 14.4 Å². The summed E-state index contributed by atoms with van der Waals surface area (Å²) >= 11 is 6.18. The number of alkyl halides is 6. The quantitative estimate of drug-likeness (QED) is 0.374. The van der Waals surface area contributed by atoms with E-state index in [9.17, 15) is 35.5 Å². The number of carbonyl (C=O) groups is 1. The van der Waals surface area contributed by atoms with Gasteiger partial charge in [-0.1, -0.05) is 29.8 Å². The lowest BCUT2D eigenvalue weighted by atomic mass is 10.1. The zero-order valence-corrected chi connectivity index (χ0v) is 19.6. The molecule has 0 spiro atoms. The van der Waals surface area contributed by atoms with E-state index in [2.05, 4.69) is 10.4 Å². The molecule has 0 bridgehead atoms. The predicted octanol–water partition coefficient (Wildman–Crippen LogP) is 5.81. The van der Waals surface area contributed by atoms with Gasteiger partial charge in [-0.2, -0.15) is 26.3 Å². The minimum absolute atomic E-state index is 0.0146. The molecule has 1 unspecified atom stereocenters. The molecule has 1 amide bonds. The molecule has 1 atom stereocenters. The maximum atomic E-state index is 14.4. The van der Waals surface area contributed by atoms with Gasteiger partial charge in [-0.05, 0) is 48.5 Å². The van der Waals surface area contributed by atoms with Gasteiger partial charge in [0, 0.05) is 17.7 Å². The van der Waals surface area contributed by atoms with Crippen molar-refractivity contribution in [3.8, 4) is 5.75 Å². The third-order valence-corrected chi connectivity index (χ3v) is 5.55. The van der Waals surface area contributed by atoms with Gasteiger partial charge in [-0.3, -0.25) is 10.2 Å². The number of halogens is 8. The van der Waals surface area contributed by atoms with Crippen molar-refractivity contribution in [2.75, 3.05) is 5.01 Å². The highest BCUT2D eigenvalue weighted by atomic mass is 35.5. The molecule has 0 aromatic heterocycles. The minimum atomic E-state index is -5.16. The highest BCUT2D eigenvalue weighted by molar-refractivity contribution is 6.34. The van der Waals surface area contributed by atoms with Crippen molar-refractivity contribution in [3.05, 3.63) is 94.3 Å². The number of nitrogens with zero attached hydrogens (tertiary/aromatic N) is 2. The topological polar surface area (TPSA) is 66.0 Å². The van der Waals surface area contributed by atoms with E-state index in [0.29, 0.717) is 5.75 Å². The van der Waals surface area contributed by atoms with Crippen molar-refractivity contribution in [3.63, 3.8) is 0 Å². The molecule has 0 aliphatic carbocycles. The van der Waals surface area contributed by atoms with Crippen molar-refractivity contribution in [2.24, 2.45) is 4.99 Å². The molecule has 3 aromatic carbocycles. The number of rotatable bonds is 6. The van der Waals surface area contributed by atoms with Crippen LogP contribution in [0.5, 0.6) is 5.75 Å². The molecule has 0 saturated carbocycles. The predicted molar refractivity (Wildman–Crippen MR) is 124 cm³/mol. The molecule has 14 heteroatoms. The van der Waals surface area contributed by atoms with Crippen LogP contribution in [0, 0.1) is 5.82 Å². The van der Waals surface area contributed by atoms with Gasteiger partial charge in [0.05, 0.1) is 16.3 Å². The zero-order chi connectivity index (χ0) is 27.7. The van der Waals surface area contributed by atoms with Gasteiger partial charge in [0.2, 0.25) is 0 Å². The first-order valence-corrected chi connectivity index (χ1v) is 11.1. The van der Waals surface area contributed by atoms with E-state index < -0.39 is 42.5 Å². The van der Waals surface area contributed by atoms with Crippen LogP contribution in [0.15, 0.2) is 71.7 Å². The summed E-state index contributed by atoms with van der Waals surface area (Å²) in [5, 5.41) is 2.69. The molecular weight excluding hydrogens is 545 g/mol. The Bertz CT molecular complexity index is 1350. The molecule has 0 radical (unpaired) electrons. The second-order valence-corrected chi connectivity index (χ2v) is 8.27. The Balaban J connectivity index is 1.66. The number of carbonyl (C=O) groups excluding carboxylic acids is 1. The normalized spacial score (nSPS) is 15.6. The fourth-order valence-electron chi connectivity index (χ4n) is 3.39. The van der Waals surface area contributed by atoms with E-state index >= 15 is 0 Å². The number of benzene rings is 3. The van der Waals surface area contributed by atoms with Gasteiger partial charge in [-0.15, -0.1) is 0 Å². The highest BCUT2D eigenvalue weighted by Gasteiger charge is 2.38. The summed E-state index contributed by atoms with van der Waals surface area (Å²) in [5.41, 5.74) is 1.89. The van der Waals surface area contributed by atoms with Crippen LogP contribution in [0.3, 0.4) is 0 Å². The molecule has 0 saturated heterocycles. The van der Waals surface area contributed by atoms with Crippen LogP contribution in [0.25, 0.3) is 0 Å². The summed E-state index contributed by atoms with van der Waals surface area (Å²) < 4.78 is 96.9. The van der Waals surface area contributed by atoms with Crippen LogP contribution in [0.1, 0.15) is 16.7 Å². The Morgan fingerprint density at radius 1 is 1.03 bits per heavy atom. The standard InChI is InChI=1S/C24H16ClF7N4O2/c25-18-11-19(26)13(12-33-21(37)24(30,31)32)10-17(18)20-34-22(38-16-4-2-1-3-5-16)36(35-20)15-8-6-14(7-9-15)23(27,28)29/h1-11,22H,12H2,(H,33,37)(H,34,35). The van der Waals surface area contributed by atoms with E-state index in [1.807, 2.05) is 0 Å². The summed E-state index contributed by atoms with van der Waals surface area (Å²) in [7, 11) is 0. The number of hydrazine groups is 1. The summed E-state index contributed by atoms with van der Waals surface area (Å²) in [4.78, 5) is 15.5. The second kappa shape index (κ2) is 10.4. The minimum Gasteiger partial charge on any atom is -0.449 e. The van der Waals surface area contributed by atoms with Crippen LogP contribution >= 0.6 is 11.6 Å². The average Bonchev–Trinajstić information content (AvgIpc) is 3.26. The number of ether oxygens (including phenoxy) is 1. The Labute approximate surface area is 215 Å². The Kier molecular flexibility index (Phi) is 7.40. The van der Waals surface area contributed by atoms with E-state index in [0.717, 1.165) is 24.3 Å².